The molecule has 12 heavy (non-hydrogen) atoms. The summed E-state index contributed by atoms with van der Waals surface area (Å²) < 4.78 is 0. The van der Waals surface area contributed by atoms with Crippen LogP contribution >= 0.6 is 11.3 Å². The summed E-state index contributed by atoms with van der Waals surface area (Å²) in [6.07, 6.45) is 2.79. The summed E-state index contributed by atoms with van der Waals surface area (Å²) in [7, 11) is 0. The Bertz CT molecular complexity index is 243. The van der Waals surface area contributed by atoms with Crippen molar-refractivity contribution in [3.8, 4) is 0 Å². The molecule has 1 heterocycles. The second-order valence-corrected chi connectivity index (χ2v) is 3.94. The van der Waals surface area contributed by atoms with Crippen LogP contribution in [0.3, 0.4) is 0 Å². The zero-order valence-corrected chi connectivity index (χ0v) is 8.10. The van der Waals surface area contributed by atoms with E-state index in [1.807, 2.05) is 11.6 Å². The van der Waals surface area contributed by atoms with Gasteiger partial charge in [0.2, 0.25) is 0 Å². The summed E-state index contributed by atoms with van der Waals surface area (Å²) >= 11 is 1.62. The van der Waals surface area contributed by atoms with Crippen LogP contribution in [0.4, 0.5) is 0 Å². The maximum atomic E-state index is 5.64. The van der Waals surface area contributed by atoms with Crippen LogP contribution in [0, 0.1) is 5.41 Å². The van der Waals surface area contributed by atoms with Crippen molar-refractivity contribution in [3.05, 3.63) is 29.2 Å². The summed E-state index contributed by atoms with van der Waals surface area (Å²) in [6.45, 7) is 6.50. The normalized spacial score (nSPS) is 15.5. The highest BCUT2D eigenvalue weighted by molar-refractivity contribution is 7.07. The van der Waals surface area contributed by atoms with Crippen molar-refractivity contribution in [3.63, 3.8) is 0 Å². The fourth-order valence-electron chi connectivity index (χ4n) is 0.966. The van der Waals surface area contributed by atoms with E-state index < -0.39 is 0 Å². The summed E-state index contributed by atoms with van der Waals surface area (Å²) in [4.78, 5) is 4.21. The molecule has 1 rings (SSSR count). The molecular weight excluding hydrogens is 168 g/mol. The second kappa shape index (κ2) is 3.83. The molecule has 0 aliphatic carbocycles. The van der Waals surface area contributed by atoms with Crippen LogP contribution in [0.1, 0.15) is 12.6 Å². The highest BCUT2D eigenvalue weighted by atomic mass is 32.1. The Hall–Kier alpha value is -0.670. The van der Waals surface area contributed by atoms with E-state index in [9.17, 15) is 0 Å². The number of thiazole rings is 1. The van der Waals surface area contributed by atoms with Gasteiger partial charge in [-0.15, -0.1) is 17.9 Å². The molecule has 1 aromatic rings. The van der Waals surface area contributed by atoms with Crippen molar-refractivity contribution in [2.24, 2.45) is 11.1 Å². The third kappa shape index (κ3) is 2.16. The largest absolute Gasteiger partial charge is 0.330 e. The summed E-state index contributed by atoms with van der Waals surface area (Å²) in [5.41, 5.74) is 8.58. The summed E-state index contributed by atoms with van der Waals surface area (Å²) in [5.74, 6) is 0. The fourth-order valence-corrected chi connectivity index (χ4v) is 1.52. The smallest absolute Gasteiger partial charge is 0.0794 e. The van der Waals surface area contributed by atoms with Crippen molar-refractivity contribution >= 4 is 11.3 Å². The van der Waals surface area contributed by atoms with E-state index in [2.05, 4.69) is 23.9 Å². The van der Waals surface area contributed by atoms with Crippen molar-refractivity contribution in [2.45, 2.75) is 13.3 Å². The first-order valence-electron chi connectivity index (χ1n) is 3.91. The lowest BCUT2D eigenvalue weighted by Gasteiger charge is -2.21. The maximum Gasteiger partial charge on any atom is 0.0794 e. The molecule has 0 aliphatic heterocycles. The summed E-state index contributed by atoms with van der Waals surface area (Å²) in [6, 6.07) is 0. The third-order valence-corrected chi connectivity index (χ3v) is 2.66. The highest BCUT2D eigenvalue weighted by Crippen LogP contribution is 2.21. The van der Waals surface area contributed by atoms with Crippen LogP contribution in [0.15, 0.2) is 23.5 Å². The molecule has 1 atom stereocenters. The van der Waals surface area contributed by atoms with Crippen molar-refractivity contribution in [2.75, 3.05) is 6.54 Å². The van der Waals surface area contributed by atoms with E-state index in [4.69, 9.17) is 5.73 Å². The minimum absolute atomic E-state index is 0.00588. The third-order valence-electron chi connectivity index (χ3n) is 2.03. The van der Waals surface area contributed by atoms with E-state index >= 15 is 0 Å². The quantitative estimate of drug-likeness (QED) is 0.722. The maximum absolute atomic E-state index is 5.64. The molecule has 0 bridgehead atoms. The molecule has 0 saturated carbocycles. The van der Waals surface area contributed by atoms with Crippen LogP contribution < -0.4 is 5.73 Å². The molecule has 2 N–H and O–H groups in total. The lowest BCUT2D eigenvalue weighted by molar-refractivity contribution is 0.435. The van der Waals surface area contributed by atoms with Gasteiger partial charge in [-0.2, -0.15) is 0 Å². The molecule has 2 nitrogen and oxygen atoms in total. The minimum atomic E-state index is -0.00588. The van der Waals surface area contributed by atoms with Crippen LogP contribution in [0.25, 0.3) is 0 Å². The number of nitrogens with two attached hydrogens (primary N) is 1. The van der Waals surface area contributed by atoms with Gasteiger partial charge in [-0.25, -0.2) is 4.98 Å². The first kappa shape index (κ1) is 9.42. The van der Waals surface area contributed by atoms with Crippen LogP contribution in [0.5, 0.6) is 0 Å². The van der Waals surface area contributed by atoms with Gasteiger partial charge in [0, 0.05) is 23.8 Å². The van der Waals surface area contributed by atoms with E-state index in [-0.39, 0.29) is 5.41 Å². The molecule has 0 aliphatic rings. The van der Waals surface area contributed by atoms with E-state index in [1.54, 1.807) is 11.3 Å². The Morgan fingerprint density at radius 2 is 2.58 bits per heavy atom. The SMILES string of the molecule is C=CC(C)(CN)Cc1cscn1. The number of aromatic nitrogens is 1. The van der Waals surface area contributed by atoms with Gasteiger partial charge in [0.1, 0.15) is 0 Å². The fraction of sp³-hybridized carbons (Fsp3) is 0.444. The predicted octanol–water partition coefficient (Wildman–Crippen LogP) is 1.84. The Morgan fingerprint density at radius 3 is 3.00 bits per heavy atom. The number of hydrogen-bond acceptors (Lipinski definition) is 3. The first-order valence-corrected chi connectivity index (χ1v) is 4.85. The van der Waals surface area contributed by atoms with Gasteiger partial charge in [-0.05, 0) is 0 Å². The molecule has 3 heteroatoms. The monoisotopic (exact) mass is 182 g/mol. The number of hydrogen-bond donors (Lipinski definition) is 1. The Labute approximate surface area is 77.1 Å². The van der Waals surface area contributed by atoms with E-state index in [1.165, 1.54) is 0 Å². The molecule has 0 spiro atoms. The number of rotatable bonds is 4. The van der Waals surface area contributed by atoms with Gasteiger partial charge in [0.25, 0.3) is 0 Å². The average molecular weight is 182 g/mol. The molecule has 1 aromatic heterocycles. The van der Waals surface area contributed by atoms with Crippen LogP contribution in [-0.2, 0) is 6.42 Å². The molecule has 0 amide bonds. The van der Waals surface area contributed by atoms with Crippen LogP contribution in [-0.4, -0.2) is 11.5 Å². The summed E-state index contributed by atoms with van der Waals surface area (Å²) in [5, 5.41) is 2.05. The van der Waals surface area contributed by atoms with Gasteiger partial charge in [0.15, 0.2) is 0 Å². The van der Waals surface area contributed by atoms with Crippen molar-refractivity contribution in [1.82, 2.24) is 4.98 Å². The Kier molecular flexibility index (Phi) is 3.00. The second-order valence-electron chi connectivity index (χ2n) is 3.22. The minimum Gasteiger partial charge on any atom is -0.330 e. The highest BCUT2D eigenvalue weighted by Gasteiger charge is 2.19. The standard InChI is InChI=1S/C9H14N2S/c1-3-9(2,6-10)4-8-5-12-7-11-8/h3,5,7H,1,4,6,10H2,2H3. The average Bonchev–Trinajstić information content (AvgIpc) is 2.57. The first-order chi connectivity index (χ1) is 5.70. The molecule has 0 aromatic carbocycles. The molecule has 0 saturated heterocycles. The number of nitrogens with zero attached hydrogens (tertiary/aromatic N) is 1. The molecule has 66 valence electrons. The van der Waals surface area contributed by atoms with Gasteiger partial charge in [0.05, 0.1) is 11.2 Å². The molecule has 1 unspecified atom stereocenters. The van der Waals surface area contributed by atoms with Gasteiger partial charge >= 0.3 is 0 Å². The molecule has 0 radical (unpaired) electrons. The Morgan fingerprint density at radius 1 is 1.83 bits per heavy atom. The van der Waals surface area contributed by atoms with E-state index in [0.29, 0.717) is 6.54 Å². The van der Waals surface area contributed by atoms with Crippen LogP contribution in [0.2, 0.25) is 0 Å². The predicted molar refractivity (Wildman–Crippen MR) is 53.2 cm³/mol. The lowest BCUT2D eigenvalue weighted by Crippen LogP contribution is -2.27. The topological polar surface area (TPSA) is 38.9 Å². The zero-order chi connectivity index (χ0) is 9.03. The molecule has 0 fully saturated rings. The van der Waals surface area contributed by atoms with E-state index in [0.717, 1.165) is 12.1 Å². The van der Waals surface area contributed by atoms with Crippen molar-refractivity contribution in [1.29, 1.82) is 0 Å². The van der Waals surface area contributed by atoms with Gasteiger partial charge in [-0.3, -0.25) is 0 Å². The van der Waals surface area contributed by atoms with Gasteiger partial charge < -0.3 is 5.73 Å². The Balaban J connectivity index is 2.66. The van der Waals surface area contributed by atoms with Crippen molar-refractivity contribution < 1.29 is 0 Å². The zero-order valence-electron chi connectivity index (χ0n) is 7.29. The lowest BCUT2D eigenvalue weighted by atomic mass is 9.86. The molecular formula is C9H14N2S. The van der Waals surface area contributed by atoms with Gasteiger partial charge in [-0.1, -0.05) is 13.0 Å².